The minimum atomic E-state index is -4.05. The zero-order valence-electron chi connectivity index (χ0n) is 28.3. The van der Waals surface area contributed by atoms with Crippen molar-refractivity contribution in [3.63, 3.8) is 0 Å². The van der Waals surface area contributed by atoms with Crippen molar-refractivity contribution in [3.8, 4) is 22.3 Å². The maximum atomic E-state index is 16.1. The van der Waals surface area contributed by atoms with Gasteiger partial charge in [-0.25, -0.2) is 0 Å². The monoisotopic (exact) mass is 646 g/mol. The summed E-state index contributed by atoms with van der Waals surface area (Å²) >= 11 is 0. The minimum Gasteiger partial charge on any atom is -0.305 e. The quantitative estimate of drug-likeness (QED) is 0.122. The molecule has 0 aliphatic rings. The second-order valence-electron chi connectivity index (χ2n) is 12.7. The van der Waals surface area contributed by atoms with E-state index in [9.17, 15) is 4.79 Å². The fourth-order valence-electron chi connectivity index (χ4n) is 7.20. The van der Waals surface area contributed by atoms with Gasteiger partial charge in [0.15, 0.2) is 5.78 Å². The molecule has 6 aromatic carbocycles. The summed E-state index contributed by atoms with van der Waals surface area (Å²) in [5, 5.41) is 0.867. The van der Waals surface area contributed by atoms with Crippen molar-refractivity contribution in [3.05, 3.63) is 177 Å². The summed E-state index contributed by atoms with van der Waals surface area (Å²) in [4.78, 5) is 29.8. The van der Waals surface area contributed by atoms with Crippen LogP contribution in [0.2, 0.25) is 0 Å². The molecule has 0 heterocycles. The lowest BCUT2D eigenvalue weighted by Crippen LogP contribution is -2.26. The van der Waals surface area contributed by atoms with Crippen LogP contribution in [0.25, 0.3) is 22.3 Å². The van der Waals surface area contributed by atoms with Gasteiger partial charge < -0.3 is 4.57 Å². The van der Waals surface area contributed by atoms with Gasteiger partial charge in [0.05, 0.1) is 0 Å². The van der Waals surface area contributed by atoms with Crippen molar-refractivity contribution in [2.75, 3.05) is 0 Å². The molecule has 3 nitrogen and oxygen atoms in total. The molecule has 0 saturated carbocycles. The number of benzene rings is 6. The summed E-state index contributed by atoms with van der Waals surface area (Å²) < 4.78 is 16.1. The molecule has 0 saturated heterocycles. The molecule has 0 bridgehead atoms. The van der Waals surface area contributed by atoms with Crippen LogP contribution in [0.5, 0.6) is 0 Å². The largest absolute Gasteiger partial charge is 0.305 e. The molecule has 0 aliphatic carbocycles. The fourth-order valence-corrected chi connectivity index (χ4v) is 10.0. The molecule has 6 rings (SSSR count). The summed E-state index contributed by atoms with van der Waals surface area (Å²) in [7, 11) is -4.05. The van der Waals surface area contributed by atoms with Crippen LogP contribution in [0.15, 0.2) is 127 Å². The summed E-state index contributed by atoms with van der Waals surface area (Å²) in [6, 6.07) is 40.1. The molecule has 0 aliphatic heterocycles. The van der Waals surface area contributed by atoms with Crippen LogP contribution >= 0.6 is 7.14 Å². The molecule has 4 heteroatoms. The van der Waals surface area contributed by atoms with E-state index in [0.717, 1.165) is 44.5 Å². The third kappa shape index (κ3) is 5.80. The second-order valence-corrected chi connectivity index (χ2v) is 15.4. The molecular formula is C44H39O3P. The number of hydrogen-bond acceptors (Lipinski definition) is 3. The normalized spacial score (nSPS) is 12.4. The number of aryl methyl sites for hydroxylation is 6. The van der Waals surface area contributed by atoms with E-state index in [4.69, 9.17) is 0 Å². The zero-order chi connectivity index (χ0) is 34.2. The molecule has 0 aromatic heterocycles. The van der Waals surface area contributed by atoms with Crippen molar-refractivity contribution in [1.82, 2.24) is 0 Å². The Balaban J connectivity index is 1.77. The van der Waals surface area contributed by atoms with Crippen molar-refractivity contribution in [2.45, 2.75) is 41.5 Å². The minimum absolute atomic E-state index is 0.112. The van der Waals surface area contributed by atoms with E-state index in [1.807, 2.05) is 145 Å². The number of rotatable bonds is 8. The van der Waals surface area contributed by atoms with Gasteiger partial charge in [0.1, 0.15) is 0 Å². The van der Waals surface area contributed by atoms with E-state index >= 15 is 9.36 Å². The molecular weight excluding hydrogens is 607 g/mol. The van der Waals surface area contributed by atoms with Gasteiger partial charge in [-0.05, 0) is 87.1 Å². The first-order valence-corrected chi connectivity index (χ1v) is 17.9. The molecule has 1 atom stereocenters. The lowest BCUT2D eigenvalue weighted by molar-refractivity contribution is 0.103. The van der Waals surface area contributed by atoms with Gasteiger partial charge in [0.25, 0.3) is 0 Å². The molecule has 0 spiro atoms. The Morgan fingerprint density at radius 1 is 0.479 bits per heavy atom. The molecule has 0 amide bonds. The average molecular weight is 647 g/mol. The smallest absolute Gasteiger partial charge is 0.230 e. The average Bonchev–Trinajstić information content (AvgIpc) is 3.07. The first kappa shape index (κ1) is 32.8. The number of hydrogen-bond donors (Lipinski definition) is 0. The van der Waals surface area contributed by atoms with Gasteiger partial charge in [-0.3, -0.25) is 9.59 Å². The van der Waals surface area contributed by atoms with Crippen LogP contribution in [-0.2, 0) is 4.57 Å². The number of ketones is 1. The van der Waals surface area contributed by atoms with E-state index in [2.05, 4.69) is 0 Å². The van der Waals surface area contributed by atoms with E-state index in [-0.39, 0.29) is 5.78 Å². The van der Waals surface area contributed by atoms with Crippen molar-refractivity contribution in [2.24, 2.45) is 0 Å². The standard InChI is InChI=1S/C44H39O3P/c1-28-24-30(3)39(31(4)25-28)43(45)37-22-23-38(42(35-18-12-8-13-19-35)41(37)34-16-10-7-11-17-34)48(47,36-20-14-9-15-21-36)44(46)40-32(5)26-29(2)27-33(40)6/h7-27H,1-6H3. The van der Waals surface area contributed by atoms with Gasteiger partial charge in [0, 0.05) is 38.4 Å². The maximum absolute atomic E-state index is 16.1. The Kier molecular flexibility index (Phi) is 9.01. The van der Waals surface area contributed by atoms with E-state index in [0.29, 0.717) is 38.4 Å². The lowest BCUT2D eigenvalue weighted by atomic mass is 9.85. The highest BCUT2D eigenvalue weighted by Gasteiger charge is 2.41. The molecule has 238 valence electrons. The predicted molar refractivity (Wildman–Crippen MR) is 200 cm³/mol. The number of carbonyl (C=O) groups excluding carboxylic acids is 2. The van der Waals surface area contributed by atoms with Crippen LogP contribution in [0.4, 0.5) is 0 Å². The molecule has 0 radical (unpaired) electrons. The highest BCUT2D eigenvalue weighted by molar-refractivity contribution is 7.93. The van der Waals surface area contributed by atoms with Crippen LogP contribution in [0.3, 0.4) is 0 Å². The van der Waals surface area contributed by atoms with Gasteiger partial charge >= 0.3 is 0 Å². The van der Waals surface area contributed by atoms with Crippen molar-refractivity contribution in [1.29, 1.82) is 0 Å². The maximum Gasteiger partial charge on any atom is 0.230 e. The fraction of sp³-hybridized carbons (Fsp3) is 0.136. The first-order valence-electron chi connectivity index (χ1n) is 16.2. The van der Waals surface area contributed by atoms with E-state index < -0.39 is 12.7 Å². The summed E-state index contributed by atoms with van der Waals surface area (Å²) in [5.41, 5.74) is 9.57. The highest BCUT2D eigenvalue weighted by Crippen LogP contribution is 2.52. The Morgan fingerprint density at radius 2 is 0.896 bits per heavy atom. The van der Waals surface area contributed by atoms with Crippen molar-refractivity contribution >= 4 is 29.1 Å². The van der Waals surface area contributed by atoms with E-state index in [1.54, 1.807) is 24.3 Å². The van der Waals surface area contributed by atoms with Gasteiger partial charge in [-0.1, -0.05) is 126 Å². The summed E-state index contributed by atoms with van der Waals surface area (Å²) in [6.07, 6.45) is 0. The SMILES string of the molecule is Cc1cc(C)c(C(=O)c2ccc(P(=O)(C(=O)c3c(C)cc(C)cc3C)c3ccccc3)c(-c3ccccc3)c2-c2ccccc2)c(C)c1. The van der Waals surface area contributed by atoms with Gasteiger partial charge in [0.2, 0.25) is 12.7 Å². The van der Waals surface area contributed by atoms with Crippen LogP contribution in [0, 0.1) is 41.5 Å². The molecule has 48 heavy (non-hydrogen) atoms. The van der Waals surface area contributed by atoms with E-state index in [1.165, 1.54) is 0 Å². The Hall–Kier alpha value is -5.11. The second kappa shape index (κ2) is 13.2. The molecule has 6 aromatic rings. The van der Waals surface area contributed by atoms with Gasteiger partial charge in [-0.15, -0.1) is 0 Å². The number of carbonyl (C=O) groups is 2. The molecule has 0 N–H and O–H groups in total. The van der Waals surface area contributed by atoms with Crippen molar-refractivity contribution < 1.29 is 14.2 Å². The summed E-state index contributed by atoms with van der Waals surface area (Å²) in [6.45, 7) is 11.8. The zero-order valence-corrected chi connectivity index (χ0v) is 29.2. The summed E-state index contributed by atoms with van der Waals surface area (Å²) in [5.74, 6) is -0.112. The Labute approximate surface area is 283 Å². The molecule has 1 unspecified atom stereocenters. The first-order chi connectivity index (χ1) is 23.0. The van der Waals surface area contributed by atoms with Crippen LogP contribution in [0.1, 0.15) is 59.7 Å². The predicted octanol–water partition coefficient (Wildman–Crippen LogP) is 10.3. The van der Waals surface area contributed by atoms with Gasteiger partial charge in [-0.2, -0.15) is 0 Å². The van der Waals surface area contributed by atoms with Crippen LogP contribution < -0.4 is 10.6 Å². The lowest BCUT2D eigenvalue weighted by Gasteiger charge is -2.26. The highest BCUT2D eigenvalue weighted by atomic mass is 31.2. The third-order valence-electron chi connectivity index (χ3n) is 9.09. The molecule has 0 fully saturated rings. The Bertz CT molecular complexity index is 2190. The Morgan fingerprint density at radius 3 is 1.38 bits per heavy atom. The topological polar surface area (TPSA) is 51.2 Å². The van der Waals surface area contributed by atoms with Crippen LogP contribution in [-0.4, -0.2) is 11.3 Å². The third-order valence-corrected chi connectivity index (χ3v) is 12.0.